The van der Waals surface area contributed by atoms with Crippen LogP contribution in [0, 0.1) is 11.8 Å². The molecule has 21 heavy (non-hydrogen) atoms. The summed E-state index contributed by atoms with van der Waals surface area (Å²) in [6, 6.07) is 0.623. The second kappa shape index (κ2) is 7.93. The molecule has 1 N–H and O–H groups in total. The van der Waals surface area contributed by atoms with Gasteiger partial charge in [-0.05, 0) is 50.6 Å². The summed E-state index contributed by atoms with van der Waals surface area (Å²) in [6.07, 6.45) is 6.02. The van der Waals surface area contributed by atoms with E-state index in [1.807, 2.05) is 0 Å². The average molecular weight is 317 g/mol. The van der Waals surface area contributed by atoms with E-state index in [2.05, 4.69) is 24.1 Å². The Labute approximate surface area is 130 Å². The van der Waals surface area contributed by atoms with Crippen molar-refractivity contribution >= 4 is 9.84 Å². The molecule has 3 unspecified atom stereocenters. The van der Waals surface area contributed by atoms with Gasteiger partial charge in [0.25, 0.3) is 0 Å². The van der Waals surface area contributed by atoms with E-state index in [1.165, 1.54) is 25.7 Å². The molecule has 1 saturated carbocycles. The number of nitrogens with zero attached hydrogens (tertiary/aromatic N) is 1. The van der Waals surface area contributed by atoms with E-state index in [-0.39, 0.29) is 0 Å². The third-order valence-electron chi connectivity index (χ3n) is 5.28. The van der Waals surface area contributed by atoms with E-state index >= 15 is 0 Å². The summed E-state index contributed by atoms with van der Waals surface area (Å²) in [7, 11) is -2.79. The summed E-state index contributed by atoms with van der Waals surface area (Å²) >= 11 is 0. The fourth-order valence-corrected chi connectivity index (χ4v) is 5.28. The molecule has 0 amide bonds. The van der Waals surface area contributed by atoms with Gasteiger partial charge in [-0.15, -0.1) is 0 Å². The van der Waals surface area contributed by atoms with Gasteiger partial charge in [-0.1, -0.05) is 20.3 Å². The first-order valence-electron chi connectivity index (χ1n) is 8.70. The summed E-state index contributed by atoms with van der Waals surface area (Å²) in [5, 5.41) is 3.66. The Balaban J connectivity index is 1.93. The number of hydrogen-bond acceptors (Lipinski definition) is 4. The molecule has 0 radical (unpaired) electrons. The van der Waals surface area contributed by atoms with Crippen molar-refractivity contribution in [2.24, 2.45) is 11.8 Å². The second-order valence-electron chi connectivity index (χ2n) is 6.82. The predicted molar refractivity (Wildman–Crippen MR) is 88.3 cm³/mol. The van der Waals surface area contributed by atoms with Crippen molar-refractivity contribution in [3.8, 4) is 0 Å². The van der Waals surface area contributed by atoms with Crippen LogP contribution in [0.5, 0.6) is 0 Å². The molecular weight excluding hydrogens is 284 g/mol. The van der Waals surface area contributed by atoms with Crippen LogP contribution in [0.4, 0.5) is 0 Å². The highest BCUT2D eigenvalue weighted by molar-refractivity contribution is 7.91. The number of rotatable bonds is 5. The molecule has 1 heterocycles. The van der Waals surface area contributed by atoms with Gasteiger partial charge in [0.15, 0.2) is 9.84 Å². The highest BCUT2D eigenvalue weighted by Gasteiger charge is 2.31. The molecule has 124 valence electrons. The topological polar surface area (TPSA) is 49.4 Å². The van der Waals surface area contributed by atoms with Crippen molar-refractivity contribution in [3.63, 3.8) is 0 Å². The molecule has 3 atom stereocenters. The summed E-state index contributed by atoms with van der Waals surface area (Å²) in [4.78, 5) is 2.40. The van der Waals surface area contributed by atoms with E-state index in [1.54, 1.807) is 0 Å². The minimum absolute atomic E-state index is 0.350. The largest absolute Gasteiger partial charge is 0.314 e. The quantitative estimate of drug-likeness (QED) is 0.842. The summed E-state index contributed by atoms with van der Waals surface area (Å²) in [5.41, 5.74) is 0. The lowest BCUT2D eigenvalue weighted by Crippen LogP contribution is -2.46. The molecular formula is C16H32N2O2S. The van der Waals surface area contributed by atoms with Crippen molar-refractivity contribution in [3.05, 3.63) is 0 Å². The lowest BCUT2D eigenvalue weighted by molar-refractivity contribution is 0.143. The van der Waals surface area contributed by atoms with Crippen molar-refractivity contribution < 1.29 is 8.42 Å². The van der Waals surface area contributed by atoms with Gasteiger partial charge in [-0.2, -0.15) is 0 Å². The maximum Gasteiger partial charge on any atom is 0.151 e. The van der Waals surface area contributed by atoms with Crippen molar-refractivity contribution in [1.29, 1.82) is 0 Å². The van der Waals surface area contributed by atoms with E-state index in [0.29, 0.717) is 23.5 Å². The summed E-state index contributed by atoms with van der Waals surface area (Å²) < 4.78 is 23.5. The molecule has 1 aliphatic carbocycles. The SMILES string of the molecule is CCNC1CCC(CC)CC1CN1CCCS(=O)(=O)CC1. The normalized spacial score (nSPS) is 34.5. The van der Waals surface area contributed by atoms with Crippen LogP contribution in [0.3, 0.4) is 0 Å². The highest BCUT2D eigenvalue weighted by atomic mass is 32.2. The molecule has 0 bridgehead atoms. The van der Waals surface area contributed by atoms with E-state index in [9.17, 15) is 8.42 Å². The summed E-state index contributed by atoms with van der Waals surface area (Å²) in [6.45, 7) is 8.27. The number of hydrogen-bond donors (Lipinski definition) is 1. The highest BCUT2D eigenvalue weighted by Crippen LogP contribution is 2.32. The molecule has 2 aliphatic rings. The van der Waals surface area contributed by atoms with Crippen LogP contribution >= 0.6 is 0 Å². The fourth-order valence-electron chi connectivity index (χ4n) is 3.97. The van der Waals surface area contributed by atoms with Gasteiger partial charge >= 0.3 is 0 Å². The summed E-state index contributed by atoms with van der Waals surface area (Å²) in [5.74, 6) is 2.27. The Kier molecular flexibility index (Phi) is 6.51. The monoisotopic (exact) mass is 316 g/mol. The number of sulfone groups is 1. The fraction of sp³-hybridized carbons (Fsp3) is 1.00. The molecule has 1 saturated heterocycles. The second-order valence-corrected chi connectivity index (χ2v) is 9.12. The Morgan fingerprint density at radius 2 is 1.95 bits per heavy atom. The van der Waals surface area contributed by atoms with Crippen LogP contribution in [0.15, 0.2) is 0 Å². The first kappa shape index (κ1) is 17.2. The minimum Gasteiger partial charge on any atom is -0.314 e. The first-order valence-corrected chi connectivity index (χ1v) is 10.5. The first-order chi connectivity index (χ1) is 10.0. The molecule has 5 heteroatoms. The van der Waals surface area contributed by atoms with Crippen LogP contribution < -0.4 is 5.32 Å². The smallest absolute Gasteiger partial charge is 0.151 e. The zero-order valence-electron chi connectivity index (χ0n) is 13.7. The van der Waals surface area contributed by atoms with Gasteiger partial charge in [-0.25, -0.2) is 8.42 Å². The molecule has 2 rings (SSSR count). The standard InChI is InChI=1S/C16H32N2O2S/c1-3-14-6-7-16(17-4-2)15(12-14)13-18-8-5-10-21(19,20)11-9-18/h14-17H,3-13H2,1-2H3. The van der Waals surface area contributed by atoms with Crippen LogP contribution in [0.2, 0.25) is 0 Å². The Bertz CT molecular complexity index is 411. The maximum atomic E-state index is 11.7. The van der Waals surface area contributed by atoms with Crippen molar-refractivity contribution in [2.45, 2.75) is 52.0 Å². The van der Waals surface area contributed by atoms with Gasteiger partial charge in [-0.3, -0.25) is 0 Å². The zero-order chi connectivity index (χ0) is 15.3. The van der Waals surface area contributed by atoms with E-state index < -0.39 is 9.84 Å². The average Bonchev–Trinajstić information content (AvgIpc) is 2.62. The molecule has 1 aliphatic heterocycles. The van der Waals surface area contributed by atoms with Crippen LogP contribution in [-0.2, 0) is 9.84 Å². The lowest BCUT2D eigenvalue weighted by Gasteiger charge is -2.39. The zero-order valence-corrected chi connectivity index (χ0v) is 14.5. The van der Waals surface area contributed by atoms with Crippen LogP contribution in [0.1, 0.15) is 46.0 Å². The third kappa shape index (κ3) is 5.22. The number of nitrogens with one attached hydrogen (secondary N) is 1. The maximum absolute atomic E-state index is 11.7. The Morgan fingerprint density at radius 3 is 2.67 bits per heavy atom. The molecule has 0 aromatic rings. The Morgan fingerprint density at radius 1 is 1.14 bits per heavy atom. The minimum atomic E-state index is -2.79. The van der Waals surface area contributed by atoms with E-state index in [4.69, 9.17) is 0 Å². The molecule has 0 aromatic heterocycles. The van der Waals surface area contributed by atoms with Crippen LogP contribution in [-0.4, -0.2) is 57.0 Å². The molecule has 0 spiro atoms. The lowest BCUT2D eigenvalue weighted by atomic mass is 9.76. The van der Waals surface area contributed by atoms with E-state index in [0.717, 1.165) is 38.5 Å². The van der Waals surface area contributed by atoms with Gasteiger partial charge in [0.05, 0.1) is 11.5 Å². The van der Waals surface area contributed by atoms with Crippen molar-refractivity contribution in [1.82, 2.24) is 10.2 Å². The third-order valence-corrected chi connectivity index (χ3v) is 6.99. The van der Waals surface area contributed by atoms with Gasteiger partial charge < -0.3 is 10.2 Å². The van der Waals surface area contributed by atoms with Gasteiger partial charge in [0.2, 0.25) is 0 Å². The predicted octanol–water partition coefficient (Wildman–Crippen LogP) is 1.91. The molecule has 4 nitrogen and oxygen atoms in total. The Hall–Kier alpha value is -0.130. The molecule has 2 fully saturated rings. The molecule has 0 aromatic carbocycles. The van der Waals surface area contributed by atoms with Crippen LogP contribution in [0.25, 0.3) is 0 Å². The van der Waals surface area contributed by atoms with Gasteiger partial charge in [0.1, 0.15) is 0 Å². The van der Waals surface area contributed by atoms with Crippen molar-refractivity contribution in [2.75, 3.05) is 37.7 Å². The van der Waals surface area contributed by atoms with Gasteiger partial charge in [0, 0.05) is 19.1 Å².